The Hall–Kier alpha value is -4.70. The van der Waals surface area contributed by atoms with Crippen LogP contribution in [0.15, 0.2) is 90.9 Å². The van der Waals surface area contributed by atoms with Crippen LogP contribution < -0.4 is 10.1 Å². The number of amides is 1. The molecule has 0 saturated heterocycles. The molecule has 156 valence electrons. The highest BCUT2D eigenvalue weighted by Crippen LogP contribution is 2.27. The first kappa shape index (κ1) is 20.6. The predicted molar refractivity (Wildman–Crippen MR) is 122 cm³/mol. The number of aromatic nitrogens is 3. The molecular weight excluding hydrogens is 402 g/mol. The molecule has 2 aromatic heterocycles. The minimum Gasteiger partial charge on any atom is -0.497 e. The summed E-state index contributed by atoms with van der Waals surface area (Å²) in [5, 5.41) is 17.1. The highest BCUT2D eigenvalue weighted by atomic mass is 16.5. The van der Waals surface area contributed by atoms with Gasteiger partial charge in [-0.05, 0) is 54.6 Å². The van der Waals surface area contributed by atoms with Gasteiger partial charge in [0, 0.05) is 23.5 Å². The van der Waals surface area contributed by atoms with Crippen LogP contribution in [-0.4, -0.2) is 27.8 Å². The van der Waals surface area contributed by atoms with E-state index < -0.39 is 5.91 Å². The molecule has 0 aliphatic heterocycles. The molecule has 0 fully saturated rings. The van der Waals surface area contributed by atoms with Crippen molar-refractivity contribution in [3.05, 3.63) is 96.5 Å². The summed E-state index contributed by atoms with van der Waals surface area (Å²) >= 11 is 0. The molecule has 1 N–H and O–H groups in total. The van der Waals surface area contributed by atoms with E-state index in [0.29, 0.717) is 16.9 Å². The number of nitrogens with one attached hydrogen (secondary N) is 1. The summed E-state index contributed by atoms with van der Waals surface area (Å²) in [5.41, 5.74) is 3.43. The van der Waals surface area contributed by atoms with Crippen LogP contribution in [0.1, 0.15) is 5.56 Å². The molecule has 0 saturated carbocycles. The van der Waals surface area contributed by atoms with Crippen LogP contribution in [0.25, 0.3) is 23.0 Å². The lowest BCUT2D eigenvalue weighted by molar-refractivity contribution is -0.112. The third-order valence-electron chi connectivity index (χ3n) is 4.71. The number of carbonyl (C=O) groups excluding carboxylic acids is 1. The Morgan fingerprint density at radius 1 is 1.09 bits per heavy atom. The second-order valence-corrected chi connectivity index (χ2v) is 6.81. The van der Waals surface area contributed by atoms with E-state index in [1.54, 1.807) is 36.3 Å². The van der Waals surface area contributed by atoms with Gasteiger partial charge in [0.1, 0.15) is 17.4 Å². The normalized spacial score (nSPS) is 10.9. The van der Waals surface area contributed by atoms with E-state index in [4.69, 9.17) is 9.84 Å². The molecule has 1 amide bonds. The summed E-state index contributed by atoms with van der Waals surface area (Å²) in [6, 6.07) is 22.5. The van der Waals surface area contributed by atoms with Crippen LogP contribution >= 0.6 is 0 Å². The van der Waals surface area contributed by atoms with Crippen molar-refractivity contribution in [2.24, 2.45) is 0 Å². The van der Waals surface area contributed by atoms with E-state index in [1.165, 1.54) is 12.3 Å². The fourth-order valence-electron chi connectivity index (χ4n) is 3.12. The lowest BCUT2D eigenvalue weighted by Gasteiger charge is -2.04. The SMILES string of the molecule is COc1ccc(-c2nn(-c3ccccc3)cc2C=C(C#N)C(=O)Nc2cccnc2)cc1. The molecule has 0 radical (unpaired) electrons. The third-order valence-corrected chi connectivity index (χ3v) is 4.71. The van der Waals surface area contributed by atoms with Crippen LogP contribution in [-0.2, 0) is 4.79 Å². The van der Waals surface area contributed by atoms with Gasteiger partial charge in [0.15, 0.2) is 0 Å². The van der Waals surface area contributed by atoms with Crippen LogP contribution in [0.2, 0.25) is 0 Å². The van der Waals surface area contributed by atoms with Crippen molar-refractivity contribution in [3.8, 4) is 28.8 Å². The number of para-hydroxylation sites is 1. The van der Waals surface area contributed by atoms with Crippen molar-refractivity contribution in [1.82, 2.24) is 14.8 Å². The van der Waals surface area contributed by atoms with Crippen molar-refractivity contribution in [2.75, 3.05) is 12.4 Å². The third kappa shape index (κ3) is 4.55. The van der Waals surface area contributed by atoms with Gasteiger partial charge >= 0.3 is 0 Å². The molecule has 0 aliphatic carbocycles. The predicted octanol–water partition coefficient (Wildman–Crippen LogP) is 4.49. The second kappa shape index (κ2) is 9.41. The number of hydrogen-bond acceptors (Lipinski definition) is 5. The zero-order valence-electron chi connectivity index (χ0n) is 17.3. The molecule has 0 aliphatic rings. The van der Waals surface area contributed by atoms with Gasteiger partial charge in [-0.3, -0.25) is 9.78 Å². The minimum absolute atomic E-state index is 0.0452. The van der Waals surface area contributed by atoms with Gasteiger partial charge < -0.3 is 10.1 Å². The molecule has 0 bridgehead atoms. The Balaban J connectivity index is 1.75. The molecule has 4 rings (SSSR count). The standard InChI is InChI=1S/C25H19N5O2/c1-32-23-11-9-18(10-12-23)24-20(17-30(29-24)22-7-3-2-4-8-22)14-19(15-26)25(31)28-21-6-5-13-27-16-21/h2-14,16-17H,1H3,(H,28,31). The van der Waals surface area contributed by atoms with Gasteiger partial charge in [-0.15, -0.1) is 0 Å². The number of ether oxygens (including phenoxy) is 1. The number of nitriles is 1. The smallest absolute Gasteiger partial charge is 0.266 e. The number of methoxy groups -OCH3 is 1. The monoisotopic (exact) mass is 421 g/mol. The minimum atomic E-state index is -0.520. The number of hydrogen-bond donors (Lipinski definition) is 1. The Bertz CT molecular complexity index is 1290. The Labute approximate surface area is 185 Å². The van der Waals surface area contributed by atoms with E-state index in [1.807, 2.05) is 60.7 Å². The summed E-state index contributed by atoms with van der Waals surface area (Å²) < 4.78 is 6.96. The van der Waals surface area contributed by atoms with Gasteiger partial charge in [0.05, 0.1) is 30.4 Å². The summed E-state index contributed by atoms with van der Waals surface area (Å²) in [6.45, 7) is 0. The van der Waals surface area contributed by atoms with Crippen LogP contribution in [0, 0.1) is 11.3 Å². The van der Waals surface area contributed by atoms with Crippen molar-refractivity contribution in [2.45, 2.75) is 0 Å². The second-order valence-electron chi connectivity index (χ2n) is 6.81. The maximum absolute atomic E-state index is 12.7. The van der Waals surface area contributed by atoms with Gasteiger partial charge in [-0.1, -0.05) is 18.2 Å². The number of nitrogens with zero attached hydrogens (tertiary/aromatic N) is 4. The topological polar surface area (TPSA) is 92.8 Å². The molecule has 7 nitrogen and oxygen atoms in total. The van der Waals surface area contributed by atoms with Crippen molar-refractivity contribution in [1.29, 1.82) is 5.26 Å². The van der Waals surface area contributed by atoms with Crippen LogP contribution in [0.4, 0.5) is 5.69 Å². The van der Waals surface area contributed by atoms with Gasteiger partial charge in [0.25, 0.3) is 5.91 Å². The highest BCUT2D eigenvalue weighted by Gasteiger charge is 2.15. The van der Waals surface area contributed by atoms with E-state index in [0.717, 1.165) is 17.0 Å². The first-order valence-electron chi connectivity index (χ1n) is 9.80. The molecular formula is C25H19N5O2. The maximum Gasteiger partial charge on any atom is 0.266 e. The molecule has 2 heterocycles. The summed E-state index contributed by atoms with van der Waals surface area (Å²) in [5.74, 6) is 0.204. The average Bonchev–Trinajstić information content (AvgIpc) is 3.27. The first-order valence-corrected chi connectivity index (χ1v) is 9.80. The molecule has 32 heavy (non-hydrogen) atoms. The average molecular weight is 421 g/mol. The number of rotatable bonds is 6. The maximum atomic E-state index is 12.7. The Kier molecular flexibility index (Phi) is 6.05. The molecule has 4 aromatic rings. The van der Waals surface area contributed by atoms with Crippen molar-refractivity contribution >= 4 is 17.7 Å². The fourth-order valence-corrected chi connectivity index (χ4v) is 3.12. The van der Waals surface area contributed by atoms with E-state index >= 15 is 0 Å². The zero-order chi connectivity index (χ0) is 22.3. The number of pyridine rings is 1. The number of benzene rings is 2. The zero-order valence-corrected chi connectivity index (χ0v) is 17.3. The van der Waals surface area contributed by atoms with E-state index in [-0.39, 0.29) is 5.57 Å². The fraction of sp³-hybridized carbons (Fsp3) is 0.0400. The van der Waals surface area contributed by atoms with Gasteiger partial charge in [-0.25, -0.2) is 4.68 Å². The first-order chi connectivity index (χ1) is 15.7. The quantitative estimate of drug-likeness (QED) is 0.366. The van der Waals surface area contributed by atoms with Crippen LogP contribution in [0.5, 0.6) is 5.75 Å². The molecule has 2 aromatic carbocycles. The van der Waals surface area contributed by atoms with Crippen LogP contribution in [0.3, 0.4) is 0 Å². The Morgan fingerprint density at radius 3 is 2.53 bits per heavy atom. The molecule has 0 atom stereocenters. The van der Waals surface area contributed by atoms with E-state index in [9.17, 15) is 10.1 Å². The summed E-state index contributed by atoms with van der Waals surface area (Å²) in [7, 11) is 1.60. The lowest BCUT2D eigenvalue weighted by atomic mass is 10.1. The summed E-state index contributed by atoms with van der Waals surface area (Å²) in [4.78, 5) is 16.7. The highest BCUT2D eigenvalue weighted by molar-refractivity contribution is 6.10. The molecule has 7 heteroatoms. The van der Waals surface area contributed by atoms with E-state index in [2.05, 4.69) is 10.3 Å². The summed E-state index contributed by atoms with van der Waals surface area (Å²) in [6.07, 6.45) is 6.46. The Morgan fingerprint density at radius 2 is 1.88 bits per heavy atom. The van der Waals surface area contributed by atoms with Gasteiger partial charge in [0.2, 0.25) is 0 Å². The number of anilines is 1. The largest absolute Gasteiger partial charge is 0.497 e. The van der Waals surface area contributed by atoms with Gasteiger partial charge in [-0.2, -0.15) is 10.4 Å². The molecule has 0 spiro atoms. The number of carbonyl (C=O) groups is 1. The van der Waals surface area contributed by atoms with Crippen molar-refractivity contribution in [3.63, 3.8) is 0 Å². The van der Waals surface area contributed by atoms with Crippen molar-refractivity contribution < 1.29 is 9.53 Å². The molecule has 0 unspecified atom stereocenters. The lowest BCUT2D eigenvalue weighted by Crippen LogP contribution is -2.13.